The van der Waals surface area contributed by atoms with E-state index in [1.807, 2.05) is 59.5 Å². The van der Waals surface area contributed by atoms with Crippen LogP contribution >= 0.6 is 0 Å². The van der Waals surface area contributed by atoms with Gasteiger partial charge in [-0.2, -0.15) is 0 Å². The molecule has 0 bridgehead atoms. The van der Waals surface area contributed by atoms with Gasteiger partial charge in [-0.05, 0) is 56.0 Å². The van der Waals surface area contributed by atoms with Gasteiger partial charge in [-0.25, -0.2) is 0 Å². The molecule has 5 heteroatoms. The maximum absolute atomic E-state index is 13.4. The molecule has 3 aromatic rings. The van der Waals surface area contributed by atoms with Crippen LogP contribution in [0.4, 0.5) is 5.69 Å². The highest BCUT2D eigenvalue weighted by Crippen LogP contribution is 2.38. The Morgan fingerprint density at radius 2 is 1.70 bits per heavy atom. The van der Waals surface area contributed by atoms with Crippen LogP contribution in [0.1, 0.15) is 41.3 Å². The molecule has 0 spiro atoms. The van der Waals surface area contributed by atoms with E-state index in [1.54, 1.807) is 7.11 Å². The topological polar surface area (TPSA) is 50.8 Å². The number of rotatable bonds is 10. The highest BCUT2D eigenvalue weighted by atomic mass is 16.5. The van der Waals surface area contributed by atoms with Crippen LogP contribution in [0.3, 0.4) is 0 Å². The molecule has 5 nitrogen and oxygen atoms in total. The third kappa shape index (κ3) is 5.20. The van der Waals surface area contributed by atoms with Crippen molar-refractivity contribution >= 4 is 11.6 Å². The Morgan fingerprint density at radius 1 is 0.909 bits per heavy atom. The minimum absolute atomic E-state index is 0.0251. The van der Waals surface area contributed by atoms with E-state index >= 15 is 0 Å². The van der Waals surface area contributed by atoms with Crippen molar-refractivity contribution in [3.8, 4) is 5.75 Å². The smallest absolute Gasteiger partial charge is 0.258 e. The van der Waals surface area contributed by atoms with Crippen molar-refractivity contribution in [2.45, 2.75) is 31.8 Å². The number of ether oxygens (including phenoxy) is 2. The average molecular weight is 445 g/mol. The predicted molar refractivity (Wildman–Crippen MR) is 132 cm³/mol. The van der Waals surface area contributed by atoms with Gasteiger partial charge in [-0.3, -0.25) is 4.79 Å². The first kappa shape index (κ1) is 22.9. The summed E-state index contributed by atoms with van der Waals surface area (Å²) in [6, 6.07) is 26.2. The lowest BCUT2D eigenvalue weighted by Crippen LogP contribution is -2.56. The standard InChI is InChI=1S/C28H32N2O3/c1-28(29-26-17-7-6-16-25(26)27(31)30(28)18-10-19-32-2)23-14-8-15-24(21-23)33-20-9-13-22-11-4-3-5-12-22/h3-8,11-12,14-17,21,29H,9-10,13,18-20H2,1-2H3. The highest BCUT2D eigenvalue weighted by Gasteiger charge is 2.42. The number of amides is 1. The summed E-state index contributed by atoms with van der Waals surface area (Å²) in [5.74, 6) is 0.837. The molecule has 0 aliphatic carbocycles. The maximum Gasteiger partial charge on any atom is 0.258 e. The number of hydrogen-bond donors (Lipinski definition) is 1. The molecule has 1 unspecified atom stereocenters. The molecule has 1 N–H and O–H groups in total. The van der Waals surface area contributed by atoms with Crippen molar-refractivity contribution in [2.75, 3.05) is 32.2 Å². The van der Waals surface area contributed by atoms with Gasteiger partial charge in [0.2, 0.25) is 0 Å². The minimum atomic E-state index is -0.692. The van der Waals surface area contributed by atoms with Gasteiger partial charge in [0.25, 0.3) is 5.91 Å². The summed E-state index contributed by atoms with van der Waals surface area (Å²) in [5, 5.41) is 3.62. The van der Waals surface area contributed by atoms with Crippen molar-refractivity contribution in [3.63, 3.8) is 0 Å². The van der Waals surface area contributed by atoms with Crippen LogP contribution in [-0.2, 0) is 16.8 Å². The Morgan fingerprint density at radius 3 is 2.52 bits per heavy atom. The number of hydrogen-bond acceptors (Lipinski definition) is 4. The summed E-state index contributed by atoms with van der Waals surface area (Å²) in [5.41, 5.74) is 3.16. The van der Waals surface area contributed by atoms with Gasteiger partial charge in [-0.15, -0.1) is 0 Å². The van der Waals surface area contributed by atoms with Crippen LogP contribution in [0.2, 0.25) is 0 Å². The molecule has 1 atom stereocenters. The molecule has 1 heterocycles. The summed E-state index contributed by atoms with van der Waals surface area (Å²) < 4.78 is 11.3. The van der Waals surface area contributed by atoms with E-state index in [4.69, 9.17) is 9.47 Å². The second-order valence-corrected chi connectivity index (χ2v) is 8.51. The Kier molecular flexibility index (Phi) is 7.30. The molecule has 0 saturated heterocycles. The number of aryl methyl sites for hydroxylation is 1. The number of methoxy groups -OCH3 is 1. The number of nitrogens with one attached hydrogen (secondary N) is 1. The van der Waals surface area contributed by atoms with Crippen LogP contribution < -0.4 is 10.1 Å². The fourth-order valence-corrected chi connectivity index (χ4v) is 4.38. The van der Waals surface area contributed by atoms with E-state index in [9.17, 15) is 4.79 Å². The Hall–Kier alpha value is -3.31. The summed E-state index contributed by atoms with van der Waals surface area (Å²) in [7, 11) is 1.68. The molecular weight excluding hydrogens is 412 g/mol. The van der Waals surface area contributed by atoms with Crippen LogP contribution in [0, 0.1) is 0 Å². The van der Waals surface area contributed by atoms with Crippen molar-refractivity contribution in [3.05, 3.63) is 95.6 Å². The van der Waals surface area contributed by atoms with Gasteiger partial charge in [0.1, 0.15) is 11.4 Å². The molecule has 0 aromatic heterocycles. The molecule has 4 rings (SSSR count). The van der Waals surface area contributed by atoms with Crippen LogP contribution in [0.25, 0.3) is 0 Å². The largest absolute Gasteiger partial charge is 0.494 e. The SMILES string of the molecule is COCCCN1C(=O)c2ccccc2NC1(C)c1cccc(OCCCc2ccccc2)c1. The number of anilines is 1. The second kappa shape index (κ2) is 10.5. The Labute approximate surface area is 196 Å². The molecule has 172 valence electrons. The zero-order valence-corrected chi connectivity index (χ0v) is 19.4. The summed E-state index contributed by atoms with van der Waals surface area (Å²) in [4.78, 5) is 15.3. The molecule has 3 aromatic carbocycles. The predicted octanol–water partition coefficient (Wildman–Crippen LogP) is 5.48. The Bertz CT molecular complexity index is 1070. The molecular formula is C28H32N2O3. The molecule has 0 fully saturated rings. The number of carbonyl (C=O) groups is 1. The van der Waals surface area contributed by atoms with E-state index < -0.39 is 5.66 Å². The van der Waals surface area contributed by atoms with Crippen molar-refractivity contribution in [1.82, 2.24) is 4.90 Å². The zero-order valence-electron chi connectivity index (χ0n) is 19.4. The molecule has 0 saturated carbocycles. The monoisotopic (exact) mass is 444 g/mol. The van der Waals surface area contributed by atoms with Crippen molar-refractivity contribution in [1.29, 1.82) is 0 Å². The Balaban J connectivity index is 1.52. The fourth-order valence-electron chi connectivity index (χ4n) is 4.38. The van der Waals surface area contributed by atoms with E-state index in [0.29, 0.717) is 25.3 Å². The third-order valence-electron chi connectivity index (χ3n) is 6.17. The molecule has 1 aliphatic rings. The van der Waals surface area contributed by atoms with Gasteiger partial charge in [0, 0.05) is 31.5 Å². The second-order valence-electron chi connectivity index (χ2n) is 8.51. The normalized spacial score (nSPS) is 17.4. The average Bonchev–Trinajstić information content (AvgIpc) is 2.85. The lowest BCUT2D eigenvalue weighted by molar-refractivity contribution is 0.0504. The first-order valence-electron chi connectivity index (χ1n) is 11.6. The van der Waals surface area contributed by atoms with Crippen LogP contribution in [-0.4, -0.2) is 37.7 Å². The van der Waals surface area contributed by atoms with Crippen LogP contribution in [0.15, 0.2) is 78.9 Å². The first-order chi connectivity index (χ1) is 16.1. The highest BCUT2D eigenvalue weighted by molar-refractivity contribution is 6.02. The molecule has 1 amide bonds. The van der Waals surface area contributed by atoms with Crippen LogP contribution in [0.5, 0.6) is 5.75 Å². The number of fused-ring (bicyclic) bond motifs is 1. The number of para-hydroxylation sites is 1. The van der Waals surface area contributed by atoms with Gasteiger partial charge in [-0.1, -0.05) is 54.6 Å². The molecule has 1 aliphatic heterocycles. The summed E-state index contributed by atoms with van der Waals surface area (Å²) in [6.45, 7) is 3.89. The minimum Gasteiger partial charge on any atom is -0.494 e. The number of carbonyl (C=O) groups excluding carboxylic acids is 1. The van der Waals surface area contributed by atoms with Crippen molar-refractivity contribution in [2.24, 2.45) is 0 Å². The summed E-state index contributed by atoms with van der Waals surface area (Å²) in [6.07, 6.45) is 2.69. The fraction of sp³-hybridized carbons (Fsp3) is 0.321. The van der Waals surface area contributed by atoms with E-state index in [0.717, 1.165) is 36.3 Å². The quantitative estimate of drug-likeness (QED) is 0.421. The van der Waals surface area contributed by atoms with Gasteiger partial charge >= 0.3 is 0 Å². The summed E-state index contributed by atoms with van der Waals surface area (Å²) >= 11 is 0. The lowest BCUT2D eigenvalue weighted by atomic mass is 9.93. The first-order valence-corrected chi connectivity index (χ1v) is 11.6. The van der Waals surface area contributed by atoms with E-state index in [-0.39, 0.29) is 5.91 Å². The maximum atomic E-state index is 13.4. The van der Waals surface area contributed by atoms with Gasteiger partial charge in [0.15, 0.2) is 0 Å². The van der Waals surface area contributed by atoms with E-state index in [1.165, 1.54) is 5.56 Å². The zero-order chi connectivity index (χ0) is 23.1. The number of benzene rings is 3. The van der Waals surface area contributed by atoms with Gasteiger partial charge < -0.3 is 19.7 Å². The van der Waals surface area contributed by atoms with Crippen molar-refractivity contribution < 1.29 is 14.3 Å². The molecule has 0 radical (unpaired) electrons. The lowest BCUT2D eigenvalue weighted by Gasteiger charge is -2.47. The third-order valence-corrected chi connectivity index (χ3v) is 6.17. The van der Waals surface area contributed by atoms with Gasteiger partial charge in [0.05, 0.1) is 12.2 Å². The number of nitrogens with zero attached hydrogens (tertiary/aromatic N) is 1. The molecule has 33 heavy (non-hydrogen) atoms. The van der Waals surface area contributed by atoms with E-state index in [2.05, 4.69) is 36.5 Å².